The van der Waals surface area contributed by atoms with Crippen LogP contribution in [0.25, 0.3) is 10.9 Å². The number of amides is 2. The van der Waals surface area contributed by atoms with Gasteiger partial charge in [0, 0.05) is 12.0 Å². The van der Waals surface area contributed by atoms with E-state index in [9.17, 15) is 27.6 Å². The molecule has 11 heteroatoms. The molecule has 1 aliphatic heterocycles. The van der Waals surface area contributed by atoms with Crippen molar-refractivity contribution in [3.63, 3.8) is 0 Å². The maximum Gasteiger partial charge on any atom is 0.449 e. The van der Waals surface area contributed by atoms with Crippen LogP contribution < -0.4 is 20.9 Å². The molecular weight excluding hydrogens is 549 g/mol. The quantitative estimate of drug-likeness (QED) is 0.274. The summed E-state index contributed by atoms with van der Waals surface area (Å²) in [6.45, 7) is 1.37. The Balaban J connectivity index is 1.03. The highest BCUT2D eigenvalue weighted by Gasteiger charge is 2.50. The van der Waals surface area contributed by atoms with Crippen LogP contribution in [0.5, 0.6) is 5.75 Å². The van der Waals surface area contributed by atoms with Crippen molar-refractivity contribution in [2.75, 3.05) is 13.2 Å². The fourth-order valence-corrected chi connectivity index (χ4v) is 8.37. The Bertz CT molecular complexity index is 1370. The van der Waals surface area contributed by atoms with Gasteiger partial charge >= 0.3 is 6.18 Å². The van der Waals surface area contributed by atoms with E-state index >= 15 is 0 Å². The van der Waals surface area contributed by atoms with Crippen LogP contribution in [0.4, 0.5) is 13.2 Å². The third-order valence-corrected chi connectivity index (χ3v) is 9.78. The van der Waals surface area contributed by atoms with E-state index in [1.54, 1.807) is 0 Å². The van der Waals surface area contributed by atoms with Crippen molar-refractivity contribution in [2.45, 2.75) is 101 Å². The van der Waals surface area contributed by atoms with Crippen LogP contribution >= 0.6 is 0 Å². The first-order chi connectivity index (χ1) is 20.1. The van der Waals surface area contributed by atoms with Crippen LogP contribution in [0, 0.1) is 17.8 Å². The van der Waals surface area contributed by atoms with Crippen molar-refractivity contribution in [1.82, 2.24) is 20.2 Å². The maximum atomic E-state index is 13.9. The highest BCUT2D eigenvalue weighted by molar-refractivity contribution is 5.99. The minimum Gasteiger partial charge on any atom is -0.493 e. The van der Waals surface area contributed by atoms with E-state index in [4.69, 9.17) is 4.74 Å². The molecule has 0 radical (unpaired) electrons. The molecule has 1 saturated heterocycles. The molecule has 2 aromatic rings. The van der Waals surface area contributed by atoms with Crippen molar-refractivity contribution >= 4 is 22.7 Å². The lowest BCUT2D eigenvalue weighted by Crippen LogP contribution is -2.58. The zero-order valence-electron chi connectivity index (χ0n) is 23.8. The number of nitrogens with zero attached hydrogens (tertiary/aromatic N) is 2. The van der Waals surface area contributed by atoms with Gasteiger partial charge in [-0.1, -0.05) is 25.3 Å². The first-order valence-corrected chi connectivity index (χ1v) is 15.5. The summed E-state index contributed by atoms with van der Waals surface area (Å²) in [7, 11) is 0. The predicted octanol–water partition coefficient (Wildman–Crippen LogP) is 5.28. The van der Waals surface area contributed by atoms with Crippen LogP contribution in [0.2, 0.25) is 0 Å². The summed E-state index contributed by atoms with van der Waals surface area (Å²) >= 11 is 0. The standard InChI is InChI=1S/C31H39F3N4O4/c32-31(33,34)29-36-22-7-6-8-24(26(22)28(41)38(29)23-9-10-25(39)37-27(23)40)42-12-5-3-1-2-4-11-35-30-16-19-13-20(17-30)15-21(14-19)18-30/h6-8,19-21,23,35H,1-5,9-18H2,(H,37,39,40). The van der Waals surface area contributed by atoms with Gasteiger partial charge in [-0.3, -0.25) is 24.3 Å². The van der Waals surface area contributed by atoms with Gasteiger partial charge in [-0.15, -0.1) is 0 Å². The van der Waals surface area contributed by atoms with Crippen molar-refractivity contribution in [3.05, 3.63) is 34.4 Å². The highest BCUT2D eigenvalue weighted by Crippen LogP contribution is 2.55. The number of piperidine rings is 1. The predicted molar refractivity (Wildman–Crippen MR) is 150 cm³/mol. The van der Waals surface area contributed by atoms with Gasteiger partial charge in [0.05, 0.1) is 12.1 Å². The Morgan fingerprint density at radius 3 is 2.31 bits per heavy atom. The Labute approximate surface area is 242 Å². The third-order valence-electron chi connectivity index (χ3n) is 9.78. The summed E-state index contributed by atoms with van der Waals surface area (Å²) in [5, 5.41) is 5.86. The van der Waals surface area contributed by atoms with Crippen LogP contribution in [0.15, 0.2) is 23.0 Å². The number of unbranched alkanes of at least 4 members (excludes halogenated alkanes) is 4. The monoisotopic (exact) mass is 588 g/mol. The molecule has 4 saturated carbocycles. The average Bonchev–Trinajstić information content (AvgIpc) is 2.91. The minimum atomic E-state index is -4.98. The molecule has 5 aliphatic rings. The van der Waals surface area contributed by atoms with E-state index in [1.165, 1.54) is 56.7 Å². The average molecular weight is 589 g/mol. The molecule has 42 heavy (non-hydrogen) atoms. The first kappa shape index (κ1) is 29.1. The molecule has 4 aliphatic carbocycles. The lowest BCUT2D eigenvalue weighted by atomic mass is 9.53. The number of fused-ring (bicyclic) bond motifs is 1. The summed E-state index contributed by atoms with van der Waals surface area (Å²) in [5.41, 5.74) is -0.767. The molecule has 4 bridgehead atoms. The molecule has 1 aromatic carbocycles. The molecule has 8 nitrogen and oxygen atoms in total. The number of halogens is 3. The lowest BCUT2D eigenvalue weighted by molar-refractivity contribution is -0.150. The third kappa shape index (κ3) is 5.94. The molecule has 7 rings (SSSR count). The number of rotatable bonds is 11. The summed E-state index contributed by atoms with van der Waals surface area (Å²) in [4.78, 5) is 41.2. The number of hydrogen-bond donors (Lipinski definition) is 2. The Morgan fingerprint density at radius 2 is 1.64 bits per heavy atom. The Morgan fingerprint density at radius 1 is 0.976 bits per heavy atom. The SMILES string of the molecule is O=C1CCC(n2c(C(F)(F)F)nc3cccc(OCCCCCCCNC45CC6CC(CC(C6)C4)C5)c3c2=O)C(=O)N1. The Hall–Kier alpha value is -2.95. The van der Waals surface area contributed by atoms with Crippen LogP contribution in [-0.4, -0.2) is 40.1 Å². The van der Waals surface area contributed by atoms with E-state index in [2.05, 4.69) is 10.3 Å². The molecule has 0 spiro atoms. The van der Waals surface area contributed by atoms with Gasteiger partial charge in [-0.05, 0) is 94.2 Å². The van der Waals surface area contributed by atoms with Gasteiger partial charge in [-0.25, -0.2) is 4.98 Å². The van der Waals surface area contributed by atoms with Gasteiger partial charge in [-0.2, -0.15) is 13.2 Å². The molecule has 5 fully saturated rings. The van der Waals surface area contributed by atoms with E-state index < -0.39 is 35.4 Å². The van der Waals surface area contributed by atoms with Gasteiger partial charge in [0.25, 0.3) is 5.56 Å². The normalized spacial score (nSPS) is 28.8. The molecule has 2 amide bonds. The number of hydrogen-bond acceptors (Lipinski definition) is 6. The lowest BCUT2D eigenvalue weighted by Gasteiger charge is -2.57. The number of nitrogens with one attached hydrogen (secondary N) is 2. The summed E-state index contributed by atoms with van der Waals surface area (Å²) in [6, 6.07) is 2.86. The molecule has 1 unspecified atom stereocenters. The Kier molecular flexibility index (Phi) is 8.06. The first-order valence-electron chi connectivity index (χ1n) is 15.5. The second-order valence-electron chi connectivity index (χ2n) is 13.0. The van der Waals surface area contributed by atoms with E-state index in [1.807, 2.05) is 5.32 Å². The molecule has 1 aromatic heterocycles. The fourth-order valence-electron chi connectivity index (χ4n) is 8.37. The maximum absolute atomic E-state index is 13.9. The van der Waals surface area contributed by atoms with E-state index in [0.29, 0.717) is 16.7 Å². The molecule has 2 heterocycles. The smallest absolute Gasteiger partial charge is 0.449 e. The fraction of sp³-hybridized carbons (Fsp3) is 0.677. The van der Waals surface area contributed by atoms with E-state index in [-0.39, 0.29) is 29.5 Å². The molecular formula is C31H39F3N4O4. The van der Waals surface area contributed by atoms with Crippen LogP contribution in [0.1, 0.15) is 95.3 Å². The zero-order chi connectivity index (χ0) is 29.5. The number of carbonyl (C=O) groups excluding carboxylic acids is 2. The summed E-state index contributed by atoms with van der Waals surface area (Å²) < 4.78 is 48.0. The topological polar surface area (TPSA) is 102 Å². The number of imide groups is 1. The zero-order valence-corrected chi connectivity index (χ0v) is 23.8. The number of ether oxygens (including phenoxy) is 1. The second kappa shape index (κ2) is 11.6. The van der Waals surface area contributed by atoms with Crippen molar-refractivity contribution < 1.29 is 27.5 Å². The van der Waals surface area contributed by atoms with Crippen molar-refractivity contribution in [1.29, 1.82) is 0 Å². The highest BCUT2D eigenvalue weighted by atomic mass is 19.4. The van der Waals surface area contributed by atoms with Gasteiger partial charge in [0.2, 0.25) is 17.6 Å². The van der Waals surface area contributed by atoms with Crippen LogP contribution in [-0.2, 0) is 15.8 Å². The molecule has 2 N–H and O–H groups in total. The van der Waals surface area contributed by atoms with Crippen LogP contribution in [0.3, 0.4) is 0 Å². The van der Waals surface area contributed by atoms with Gasteiger partial charge in [0.1, 0.15) is 17.2 Å². The number of carbonyl (C=O) groups is 2. The number of benzene rings is 1. The molecule has 228 valence electrons. The largest absolute Gasteiger partial charge is 0.493 e. The van der Waals surface area contributed by atoms with E-state index in [0.717, 1.165) is 56.4 Å². The number of aromatic nitrogens is 2. The van der Waals surface area contributed by atoms with Gasteiger partial charge < -0.3 is 10.1 Å². The van der Waals surface area contributed by atoms with Crippen molar-refractivity contribution in [2.24, 2.45) is 17.8 Å². The number of alkyl halides is 3. The van der Waals surface area contributed by atoms with Gasteiger partial charge in [0.15, 0.2) is 0 Å². The summed E-state index contributed by atoms with van der Waals surface area (Å²) in [6.07, 6.45) is 8.05. The summed E-state index contributed by atoms with van der Waals surface area (Å²) in [5.74, 6) is -0.0558. The molecule has 1 atom stereocenters. The second-order valence-corrected chi connectivity index (χ2v) is 13.0. The van der Waals surface area contributed by atoms with Crippen molar-refractivity contribution in [3.8, 4) is 5.75 Å². The minimum absolute atomic E-state index is 0.106.